The minimum atomic E-state index is -0.283. The Bertz CT molecular complexity index is 1260. The van der Waals surface area contributed by atoms with Crippen molar-refractivity contribution in [3.63, 3.8) is 0 Å². The van der Waals surface area contributed by atoms with Gasteiger partial charge >= 0.3 is 5.69 Å². The van der Waals surface area contributed by atoms with Crippen LogP contribution in [0.15, 0.2) is 35.4 Å². The molecule has 1 aromatic carbocycles. The average Bonchev–Trinajstić information content (AvgIpc) is 3.24. The molecule has 0 saturated carbocycles. The summed E-state index contributed by atoms with van der Waals surface area (Å²) in [5, 5.41) is 7.05. The van der Waals surface area contributed by atoms with Crippen molar-refractivity contribution < 1.29 is 4.79 Å². The molecule has 0 radical (unpaired) electrons. The van der Waals surface area contributed by atoms with Crippen LogP contribution < -0.4 is 11.0 Å². The molecule has 0 atom stereocenters. The van der Waals surface area contributed by atoms with Crippen molar-refractivity contribution in [2.45, 2.75) is 26.3 Å². The lowest BCUT2D eigenvalue weighted by molar-refractivity contribution is 0.0946. The summed E-state index contributed by atoms with van der Waals surface area (Å²) in [6, 6.07) is 7.43. The maximum atomic E-state index is 12.7. The summed E-state index contributed by atoms with van der Waals surface area (Å²) in [4.78, 5) is 33.1. The highest BCUT2D eigenvalue weighted by atomic mass is 16.2. The van der Waals surface area contributed by atoms with E-state index in [1.807, 2.05) is 32.0 Å². The molecular weight excluding hydrogens is 358 g/mol. The van der Waals surface area contributed by atoms with E-state index in [1.54, 1.807) is 33.8 Å². The van der Waals surface area contributed by atoms with Gasteiger partial charge in [0, 0.05) is 20.6 Å². The molecule has 0 bridgehead atoms. The molecule has 144 valence electrons. The van der Waals surface area contributed by atoms with Crippen molar-refractivity contribution in [3.05, 3.63) is 58.0 Å². The minimum absolute atomic E-state index is 0.0804. The maximum absolute atomic E-state index is 12.7. The molecule has 9 heteroatoms. The number of amides is 1. The second kappa shape index (κ2) is 6.59. The first-order valence-corrected chi connectivity index (χ1v) is 9.00. The molecule has 1 N–H and O–H groups in total. The normalized spacial score (nSPS) is 11.6. The Morgan fingerprint density at radius 3 is 2.64 bits per heavy atom. The number of aryl methyl sites for hydroxylation is 2. The molecule has 4 aromatic rings. The molecule has 1 amide bonds. The van der Waals surface area contributed by atoms with Crippen LogP contribution in [0.1, 0.15) is 41.5 Å². The van der Waals surface area contributed by atoms with Gasteiger partial charge in [0.1, 0.15) is 12.0 Å². The summed E-state index contributed by atoms with van der Waals surface area (Å²) in [5.74, 6) is 0.284. The fraction of sp³-hybridized carbons (Fsp3) is 0.316. The highest BCUT2D eigenvalue weighted by Gasteiger charge is 2.15. The Kier molecular flexibility index (Phi) is 4.21. The fourth-order valence-electron chi connectivity index (χ4n) is 3.30. The molecule has 9 nitrogen and oxygen atoms in total. The lowest BCUT2D eigenvalue weighted by Crippen LogP contribution is -2.24. The second-order valence-corrected chi connectivity index (χ2v) is 7.10. The number of imidazole rings is 1. The first-order valence-electron chi connectivity index (χ1n) is 9.00. The van der Waals surface area contributed by atoms with Crippen LogP contribution in [0.4, 0.5) is 0 Å². The third-order valence-electron chi connectivity index (χ3n) is 4.89. The highest BCUT2D eigenvalue weighted by Crippen LogP contribution is 2.16. The molecule has 0 saturated heterocycles. The summed E-state index contributed by atoms with van der Waals surface area (Å²) in [6.07, 6.45) is 1.43. The summed E-state index contributed by atoms with van der Waals surface area (Å²) in [6.45, 7) is 4.38. The largest absolute Gasteiger partial charge is 0.347 e. The van der Waals surface area contributed by atoms with E-state index in [-0.39, 0.29) is 17.5 Å². The van der Waals surface area contributed by atoms with Crippen molar-refractivity contribution in [3.8, 4) is 0 Å². The third-order valence-corrected chi connectivity index (χ3v) is 4.89. The summed E-state index contributed by atoms with van der Waals surface area (Å²) in [5.41, 5.74) is 3.66. The number of aromatic nitrogens is 6. The van der Waals surface area contributed by atoms with E-state index < -0.39 is 0 Å². The zero-order chi connectivity index (χ0) is 20.0. The number of hydrogen-bond acceptors (Lipinski definition) is 5. The van der Waals surface area contributed by atoms with Crippen LogP contribution in [-0.2, 0) is 20.6 Å². The van der Waals surface area contributed by atoms with Gasteiger partial charge in [-0.3, -0.25) is 13.9 Å². The smallest absolute Gasteiger partial charge is 0.328 e. The van der Waals surface area contributed by atoms with Crippen LogP contribution >= 0.6 is 0 Å². The average molecular weight is 379 g/mol. The van der Waals surface area contributed by atoms with Gasteiger partial charge in [0.2, 0.25) is 0 Å². The lowest BCUT2D eigenvalue weighted by atomic mass is 10.1. The van der Waals surface area contributed by atoms with Crippen LogP contribution in [0, 0.1) is 0 Å². The van der Waals surface area contributed by atoms with E-state index in [4.69, 9.17) is 0 Å². The molecule has 0 aliphatic rings. The van der Waals surface area contributed by atoms with Crippen molar-refractivity contribution in [2.75, 3.05) is 0 Å². The number of fused-ring (bicyclic) bond motifs is 2. The van der Waals surface area contributed by atoms with Crippen molar-refractivity contribution in [2.24, 2.45) is 14.1 Å². The van der Waals surface area contributed by atoms with E-state index in [1.165, 1.54) is 6.33 Å². The van der Waals surface area contributed by atoms with E-state index in [9.17, 15) is 9.59 Å². The topological polar surface area (TPSA) is 99.1 Å². The van der Waals surface area contributed by atoms with Gasteiger partial charge in [-0.2, -0.15) is 10.1 Å². The van der Waals surface area contributed by atoms with Crippen LogP contribution in [0.25, 0.3) is 16.8 Å². The standard InChI is InChI=1S/C19H21N7O2/c1-11(2)15-8-13(23-18-21-10-22-26(15)18)17(27)20-9-12-5-6-14-16(7-12)25(4)19(28)24(14)3/h5-8,10-11H,9H2,1-4H3,(H,20,27). The van der Waals surface area contributed by atoms with E-state index >= 15 is 0 Å². The fourth-order valence-corrected chi connectivity index (χ4v) is 3.30. The maximum Gasteiger partial charge on any atom is 0.328 e. The van der Waals surface area contributed by atoms with Gasteiger partial charge < -0.3 is 5.32 Å². The van der Waals surface area contributed by atoms with Gasteiger partial charge in [0.05, 0.1) is 16.7 Å². The molecule has 0 fully saturated rings. The summed E-state index contributed by atoms with van der Waals surface area (Å²) < 4.78 is 4.84. The monoisotopic (exact) mass is 379 g/mol. The molecule has 0 aliphatic heterocycles. The summed E-state index contributed by atoms with van der Waals surface area (Å²) in [7, 11) is 3.48. The molecule has 3 aromatic heterocycles. The molecular formula is C19H21N7O2. The van der Waals surface area contributed by atoms with Crippen molar-refractivity contribution in [1.82, 2.24) is 34.0 Å². The van der Waals surface area contributed by atoms with Gasteiger partial charge in [-0.05, 0) is 29.7 Å². The predicted octanol–water partition coefficient (Wildman–Crippen LogP) is 1.37. The van der Waals surface area contributed by atoms with Crippen LogP contribution in [-0.4, -0.2) is 34.6 Å². The van der Waals surface area contributed by atoms with Gasteiger partial charge in [0.15, 0.2) is 0 Å². The van der Waals surface area contributed by atoms with Crippen molar-refractivity contribution in [1.29, 1.82) is 0 Å². The van der Waals surface area contributed by atoms with Gasteiger partial charge in [-0.25, -0.2) is 14.3 Å². The lowest BCUT2D eigenvalue weighted by Gasteiger charge is -2.10. The number of hydrogen-bond donors (Lipinski definition) is 1. The number of carbonyl (C=O) groups excluding carboxylic acids is 1. The van der Waals surface area contributed by atoms with Crippen molar-refractivity contribution >= 4 is 22.7 Å². The van der Waals surface area contributed by atoms with Crippen LogP contribution in [0.3, 0.4) is 0 Å². The number of benzene rings is 1. The molecule has 4 rings (SSSR count). The molecule has 0 unspecified atom stereocenters. The number of carbonyl (C=O) groups is 1. The molecule has 3 heterocycles. The second-order valence-electron chi connectivity index (χ2n) is 7.10. The van der Waals surface area contributed by atoms with Gasteiger partial charge in [-0.1, -0.05) is 19.9 Å². The molecule has 28 heavy (non-hydrogen) atoms. The first kappa shape index (κ1) is 17.9. The molecule has 0 spiro atoms. The van der Waals surface area contributed by atoms with Gasteiger partial charge in [0.25, 0.3) is 11.7 Å². The van der Waals surface area contributed by atoms with E-state index in [2.05, 4.69) is 20.4 Å². The zero-order valence-electron chi connectivity index (χ0n) is 16.2. The Balaban J connectivity index is 1.59. The number of nitrogens with zero attached hydrogens (tertiary/aromatic N) is 6. The van der Waals surface area contributed by atoms with Crippen LogP contribution in [0.5, 0.6) is 0 Å². The van der Waals surface area contributed by atoms with Crippen LogP contribution in [0.2, 0.25) is 0 Å². The zero-order valence-corrected chi connectivity index (χ0v) is 16.2. The Morgan fingerprint density at radius 1 is 1.14 bits per heavy atom. The van der Waals surface area contributed by atoms with E-state index in [0.717, 1.165) is 22.3 Å². The Labute approximate surface area is 160 Å². The predicted molar refractivity (Wildman–Crippen MR) is 104 cm³/mol. The van der Waals surface area contributed by atoms with Gasteiger partial charge in [-0.15, -0.1) is 0 Å². The first-order chi connectivity index (χ1) is 13.4. The Hall–Kier alpha value is -3.49. The third kappa shape index (κ3) is 2.84. The highest BCUT2D eigenvalue weighted by molar-refractivity contribution is 5.92. The SMILES string of the molecule is CC(C)c1cc(C(=O)NCc2ccc3c(c2)n(C)c(=O)n3C)nc2ncnn12. The quantitative estimate of drug-likeness (QED) is 0.577. The van der Waals surface area contributed by atoms with E-state index in [0.29, 0.717) is 18.0 Å². The molecule has 0 aliphatic carbocycles. The summed E-state index contributed by atoms with van der Waals surface area (Å²) >= 11 is 0. The Morgan fingerprint density at radius 2 is 1.89 bits per heavy atom. The minimum Gasteiger partial charge on any atom is -0.347 e. The number of nitrogens with one attached hydrogen (secondary N) is 1. The number of rotatable bonds is 4.